The van der Waals surface area contributed by atoms with Gasteiger partial charge in [-0.1, -0.05) is 5.16 Å². The highest BCUT2D eigenvalue weighted by atomic mass is 19.4. The predicted molar refractivity (Wildman–Crippen MR) is 61.5 cm³/mol. The first-order valence-electron chi connectivity index (χ1n) is 6.27. The second-order valence-corrected chi connectivity index (χ2v) is 4.99. The van der Waals surface area contributed by atoms with E-state index < -0.39 is 18.8 Å². The smallest absolute Gasteiger partial charge is 0.382 e. The number of fused-ring (bicyclic) bond motifs is 1. The molecular formula is C12H17F3N2O2. The van der Waals surface area contributed by atoms with Crippen LogP contribution in [-0.2, 0) is 19.4 Å². The van der Waals surface area contributed by atoms with Crippen LogP contribution in [0.2, 0.25) is 0 Å². The summed E-state index contributed by atoms with van der Waals surface area (Å²) in [6.45, 7) is -0.211. The zero-order chi connectivity index (χ0) is 14.0. The lowest BCUT2D eigenvalue weighted by Crippen LogP contribution is -2.39. The van der Waals surface area contributed by atoms with Crippen LogP contribution in [0.4, 0.5) is 13.2 Å². The topological polar surface area (TPSA) is 49.5 Å². The molecule has 108 valence electrons. The number of nitrogens with zero attached hydrogens (tertiary/aromatic N) is 2. The number of hydrogen-bond donors (Lipinski definition) is 1. The molecular weight excluding hydrogens is 261 g/mol. The summed E-state index contributed by atoms with van der Waals surface area (Å²) in [6, 6.07) is 0. The summed E-state index contributed by atoms with van der Waals surface area (Å²) < 4.78 is 42.0. The number of aliphatic hydroxyl groups excluding tert-OH is 1. The Balaban J connectivity index is 1.96. The van der Waals surface area contributed by atoms with E-state index in [1.165, 1.54) is 11.9 Å². The van der Waals surface area contributed by atoms with Crippen LogP contribution >= 0.6 is 0 Å². The Morgan fingerprint density at radius 3 is 2.74 bits per heavy atom. The molecule has 0 saturated heterocycles. The molecule has 1 atom stereocenters. The van der Waals surface area contributed by atoms with Crippen LogP contribution in [0.5, 0.6) is 0 Å². The highest BCUT2D eigenvalue weighted by molar-refractivity contribution is 5.25. The van der Waals surface area contributed by atoms with Crippen LogP contribution in [0.15, 0.2) is 4.52 Å². The van der Waals surface area contributed by atoms with Crippen molar-refractivity contribution >= 4 is 0 Å². The van der Waals surface area contributed by atoms with Gasteiger partial charge in [0.15, 0.2) is 6.10 Å². The van der Waals surface area contributed by atoms with Crippen molar-refractivity contribution in [3.63, 3.8) is 0 Å². The largest absolute Gasteiger partial charge is 0.415 e. The highest BCUT2D eigenvalue weighted by Crippen LogP contribution is 2.25. The second-order valence-electron chi connectivity index (χ2n) is 4.99. The van der Waals surface area contributed by atoms with Crippen molar-refractivity contribution in [1.29, 1.82) is 0 Å². The summed E-state index contributed by atoms with van der Waals surface area (Å²) in [6.07, 6.45) is -3.10. The van der Waals surface area contributed by atoms with Crippen LogP contribution in [0.25, 0.3) is 0 Å². The molecule has 1 unspecified atom stereocenters. The zero-order valence-electron chi connectivity index (χ0n) is 10.7. The van der Waals surface area contributed by atoms with Gasteiger partial charge < -0.3 is 9.63 Å². The van der Waals surface area contributed by atoms with Gasteiger partial charge in [-0.2, -0.15) is 13.2 Å². The Hall–Kier alpha value is -1.08. The average molecular weight is 278 g/mol. The molecule has 1 aliphatic rings. The molecule has 0 fully saturated rings. The number of aromatic nitrogens is 1. The van der Waals surface area contributed by atoms with Crippen LogP contribution in [0.1, 0.15) is 29.9 Å². The Bertz CT molecular complexity index is 431. The van der Waals surface area contributed by atoms with Crippen molar-refractivity contribution in [2.24, 2.45) is 0 Å². The molecule has 0 spiro atoms. The molecule has 0 aliphatic heterocycles. The lowest BCUT2D eigenvalue weighted by molar-refractivity contribution is -0.207. The molecule has 7 heteroatoms. The summed E-state index contributed by atoms with van der Waals surface area (Å²) in [5.41, 5.74) is 1.71. The summed E-state index contributed by atoms with van der Waals surface area (Å²) in [7, 11) is 1.53. The molecule has 0 aromatic carbocycles. The monoisotopic (exact) mass is 278 g/mol. The Morgan fingerprint density at radius 2 is 2.05 bits per heavy atom. The summed E-state index contributed by atoms with van der Waals surface area (Å²) in [5, 5.41) is 12.9. The quantitative estimate of drug-likeness (QED) is 0.914. The van der Waals surface area contributed by atoms with Gasteiger partial charge >= 0.3 is 6.18 Å². The first kappa shape index (κ1) is 14.3. The van der Waals surface area contributed by atoms with Gasteiger partial charge in [0.1, 0.15) is 11.5 Å². The van der Waals surface area contributed by atoms with Crippen LogP contribution < -0.4 is 0 Å². The molecule has 0 radical (unpaired) electrons. The minimum atomic E-state index is -4.59. The fourth-order valence-electron chi connectivity index (χ4n) is 2.29. The molecule has 2 rings (SSSR count). The second kappa shape index (κ2) is 5.50. The summed E-state index contributed by atoms with van der Waals surface area (Å²) in [4.78, 5) is 1.41. The van der Waals surface area contributed by atoms with Gasteiger partial charge in [-0.3, -0.25) is 4.90 Å². The molecule has 19 heavy (non-hydrogen) atoms. The van der Waals surface area contributed by atoms with Crippen LogP contribution in [-0.4, -0.2) is 41.0 Å². The van der Waals surface area contributed by atoms with E-state index in [0.717, 1.165) is 37.0 Å². The van der Waals surface area contributed by atoms with Crippen molar-refractivity contribution in [1.82, 2.24) is 10.1 Å². The molecule has 1 heterocycles. The first-order chi connectivity index (χ1) is 8.88. The third-order valence-electron chi connectivity index (χ3n) is 3.31. The maximum Gasteiger partial charge on any atom is 0.415 e. The minimum Gasteiger partial charge on any atom is -0.382 e. The molecule has 1 aliphatic carbocycles. The van der Waals surface area contributed by atoms with E-state index in [9.17, 15) is 13.2 Å². The number of hydrogen-bond acceptors (Lipinski definition) is 4. The summed E-state index contributed by atoms with van der Waals surface area (Å²) >= 11 is 0. The molecule has 1 N–H and O–H groups in total. The third kappa shape index (κ3) is 3.48. The average Bonchev–Trinajstić information content (AvgIpc) is 2.71. The first-order valence-corrected chi connectivity index (χ1v) is 6.27. The Morgan fingerprint density at radius 1 is 1.37 bits per heavy atom. The normalized spacial score (nSPS) is 17.6. The molecule has 0 bridgehead atoms. The van der Waals surface area contributed by atoms with Gasteiger partial charge in [0.05, 0.1) is 0 Å². The van der Waals surface area contributed by atoms with Gasteiger partial charge in [-0.15, -0.1) is 0 Å². The van der Waals surface area contributed by atoms with Gasteiger partial charge in [0, 0.05) is 25.1 Å². The van der Waals surface area contributed by atoms with Gasteiger partial charge in [-0.05, 0) is 26.3 Å². The molecule has 0 saturated carbocycles. The minimum absolute atomic E-state index is 0.256. The van der Waals surface area contributed by atoms with Crippen molar-refractivity contribution in [2.75, 3.05) is 13.6 Å². The lowest BCUT2D eigenvalue weighted by Gasteiger charge is -2.21. The van der Waals surface area contributed by atoms with Crippen molar-refractivity contribution in [2.45, 2.75) is 44.5 Å². The van der Waals surface area contributed by atoms with E-state index >= 15 is 0 Å². The highest BCUT2D eigenvalue weighted by Gasteiger charge is 2.38. The van der Waals surface area contributed by atoms with E-state index in [-0.39, 0.29) is 6.54 Å². The molecule has 0 amide bonds. The van der Waals surface area contributed by atoms with Crippen LogP contribution in [0.3, 0.4) is 0 Å². The van der Waals surface area contributed by atoms with E-state index in [4.69, 9.17) is 9.63 Å². The van der Waals surface area contributed by atoms with E-state index in [1.54, 1.807) is 0 Å². The molecule has 4 nitrogen and oxygen atoms in total. The van der Waals surface area contributed by atoms with E-state index in [0.29, 0.717) is 5.69 Å². The van der Waals surface area contributed by atoms with Gasteiger partial charge in [0.2, 0.25) is 0 Å². The van der Waals surface area contributed by atoms with E-state index in [2.05, 4.69) is 5.16 Å². The van der Waals surface area contributed by atoms with Crippen molar-refractivity contribution < 1.29 is 22.8 Å². The Kier molecular flexibility index (Phi) is 4.15. The van der Waals surface area contributed by atoms with Crippen molar-refractivity contribution in [3.8, 4) is 0 Å². The standard InChI is InChI=1S/C12H17F3N2O2/c1-17(7-11(18)12(13,14)15)6-9-8-4-2-3-5-10(8)19-16-9/h11,18H,2-7H2,1H3. The van der Waals surface area contributed by atoms with Gasteiger partial charge in [0.25, 0.3) is 0 Å². The third-order valence-corrected chi connectivity index (χ3v) is 3.31. The lowest BCUT2D eigenvalue weighted by atomic mass is 9.96. The number of likely N-dealkylation sites (N-methyl/N-ethyl adjacent to an activating group) is 1. The maximum absolute atomic E-state index is 12.3. The zero-order valence-corrected chi connectivity index (χ0v) is 10.7. The number of aryl methyl sites for hydroxylation is 1. The van der Waals surface area contributed by atoms with Gasteiger partial charge in [-0.25, -0.2) is 0 Å². The Labute approximate surface area is 109 Å². The van der Waals surface area contributed by atoms with E-state index in [1.807, 2.05) is 0 Å². The van der Waals surface area contributed by atoms with Crippen LogP contribution in [0, 0.1) is 0 Å². The fraction of sp³-hybridized carbons (Fsp3) is 0.750. The number of aliphatic hydroxyl groups is 1. The fourth-order valence-corrected chi connectivity index (χ4v) is 2.29. The molecule has 1 aromatic heterocycles. The number of alkyl halides is 3. The SMILES string of the molecule is CN(Cc1noc2c1CCCC2)CC(O)C(F)(F)F. The number of halogens is 3. The van der Waals surface area contributed by atoms with Crippen molar-refractivity contribution in [3.05, 3.63) is 17.0 Å². The molecule has 1 aromatic rings. The number of rotatable bonds is 4. The maximum atomic E-state index is 12.3. The predicted octanol–water partition coefficient (Wildman–Crippen LogP) is 1.91. The summed E-state index contributed by atoms with van der Waals surface area (Å²) in [5.74, 6) is 0.853.